The summed E-state index contributed by atoms with van der Waals surface area (Å²) in [6.07, 6.45) is 3.82. The van der Waals surface area contributed by atoms with E-state index >= 15 is 0 Å². The Morgan fingerprint density at radius 3 is 2.65 bits per heavy atom. The Labute approximate surface area is 159 Å². The van der Waals surface area contributed by atoms with Crippen LogP contribution in [0.3, 0.4) is 0 Å². The van der Waals surface area contributed by atoms with E-state index in [4.69, 9.17) is 4.74 Å². The lowest BCUT2D eigenvalue weighted by atomic mass is 9.98. The fourth-order valence-electron chi connectivity index (χ4n) is 3.34. The minimum Gasteiger partial charge on any atom is -0.491 e. The van der Waals surface area contributed by atoms with Crippen molar-refractivity contribution in [1.82, 2.24) is 15.2 Å². The third-order valence-electron chi connectivity index (χ3n) is 4.84. The van der Waals surface area contributed by atoms with Crippen LogP contribution >= 0.6 is 11.3 Å². The van der Waals surface area contributed by atoms with Crippen LogP contribution in [0.5, 0.6) is 5.75 Å². The average Bonchev–Trinajstić information content (AvgIpc) is 3.16. The Morgan fingerprint density at radius 2 is 2.04 bits per heavy atom. The summed E-state index contributed by atoms with van der Waals surface area (Å²) in [5, 5.41) is 6.27. The number of hydrogen-bond acceptors (Lipinski definition) is 4. The molecule has 6 heteroatoms. The molecule has 2 heterocycles. The predicted molar refractivity (Wildman–Crippen MR) is 105 cm³/mol. The number of hydrogen-bond donors (Lipinski definition) is 1. The van der Waals surface area contributed by atoms with Gasteiger partial charge in [-0.15, -0.1) is 11.3 Å². The Balaban J connectivity index is 1.44. The molecule has 1 unspecified atom stereocenters. The van der Waals surface area contributed by atoms with Crippen molar-refractivity contribution in [3.8, 4) is 5.75 Å². The molecule has 5 nitrogen and oxygen atoms in total. The van der Waals surface area contributed by atoms with Gasteiger partial charge in [0.25, 0.3) is 0 Å². The van der Waals surface area contributed by atoms with Crippen LogP contribution in [-0.4, -0.2) is 41.7 Å². The molecular formula is C20H27N3O2S. The lowest BCUT2D eigenvalue weighted by molar-refractivity contribution is 0.172. The highest BCUT2D eigenvalue weighted by Crippen LogP contribution is 2.29. The molecule has 0 bridgehead atoms. The van der Waals surface area contributed by atoms with E-state index in [0.29, 0.717) is 12.5 Å². The first-order chi connectivity index (χ1) is 12.5. The van der Waals surface area contributed by atoms with Gasteiger partial charge in [-0.05, 0) is 44.7 Å². The highest BCUT2D eigenvalue weighted by atomic mass is 32.1. The van der Waals surface area contributed by atoms with Crippen molar-refractivity contribution in [2.75, 3.05) is 19.7 Å². The van der Waals surface area contributed by atoms with Gasteiger partial charge in [0.05, 0.1) is 11.0 Å². The van der Waals surface area contributed by atoms with E-state index in [1.54, 1.807) is 11.3 Å². The molecule has 1 atom stereocenters. The van der Waals surface area contributed by atoms with Crippen LogP contribution in [0.2, 0.25) is 0 Å². The quantitative estimate of drug-likeness (QED) is 0.858. The van der Waals surface area contributed by atoms with Crippen molar-refractivity contribution in [3.05, 3.63) is 45.9 Å². The molecule has 1 aromatic carbocycles. The summed E-state index contributed by atoms with van der Waals surface area (Å²) in [5.41, 5.74) is 2.24. The number of nitrogens with one attached hydrogen (secondary N) is 1. The van der Waals surface area contributed by atoms with Crippen LogP contribution in [0.25, 0.3) is 0 Å². The summed E-state index contributed by atoms with van der Waals surface area (Å²) in [6, 6.07) is 6.06. The maximum absolute atomic E-state index is 12.5. The first-order valence-corrected chi connectivity index (χ1v) is 10.1. The second-order valence-electron chi connectivity index (χ2n) is 7.01. The zero-order chi connectivity index (χ0) is 18.5. The molecule has 1 saturated heterocycles. The molecular weight excluding hydrogens is 346 g/mol. The number of nitrogens with zero attached hydrogens (tertiary/aromatic N) is 2. The van der Waals surface area contributed by atoms with Crippen molar-refractivity contribution < 1.29 is 9.53 Å². The molecule has 2 aromatic rings. The molecule has 140 valence electrons. The molecule has 2 amide bonds. The number of carbonyl (C=O) groups is 1. The molecule has 1 aliphatic heterocycles. The smallest absolute Gasteiger partial charge is 0.317 e. The fraction of sp³-hybridized carbons (Fsp3) is 0.500. The summed E-state index contributed by atoms with van der Waals surface area (Å²) < 4.78 is 5.94. The molecule has 0 aliphatic carbocycles. The van der Waals surface area contributed by atoms with Gasteiger partial charge in [0.1, 0.15) is 12.4 Å². The second kappa shape index (κ2) is 8.54. The number of amides is 2. The Bertz CT molecular complexity index is 704. The molecule has 26 heavy (non-hydrogen) atoms. The largest absolute Gasteiger partial charge is 0.491 e. The average molecular weight is 374 g/mol. The molecule has 0 spiro atoms. The van der Waals surface area contributed by atoms with Gasteiger partial charge >= 0.3 is 6.03 Å². The monoisotopic (exact) mass is 373 g/mol. The van der Waals surface area contributed by atoms with Crippen molar-refractivity contribution >= 4 is 17.4 Å². The lowest BCUT2D eigenvalue weighted by Crippen LogP contribution is -2.48. The first kappa shape index (κ1) is 18.7. The summed E-state index contributed by atoms with van der Waals surface area (Å²) in [4.78, 5) is 18.8. The highest BCUT2D eigenvalue weighted by Gasteiger charge is 2.25. The van der Waals surface area contributed by atoms with Crippen LogP contribution in [0, 0.1) is 13.8 Å². The van der Waals surface area contributed by atoms with Crippen molar-refractivity contribution in [2.45, 2.75) is 45.6 Å². The number of ether oxygens (including phenoxy) is 1. The van der Waals surface area contributed by atoms with Crippen LogP contribution in [0.4, 0.5) is 4.79 Å². The van der Waals surface area contributed by atoms with Gasteiger partial charge in [0, 0.05) is 30.6 Å². The summed E-state index contributed by atoms with van der Waals surface area (Å²) in [5.74, 6) is 1.40. The highest BCUT2D eigenvalue weighted by molar-refractivity contribution is 7.09. The number of aromatic nitrogens is 1. The van der Waals surface area contributed by atoms with E-state index in [2.05, 4.69) is 10.3 Å². The van der Waals surface area contributed by atoms with Gasteiger partial charge < -0.3 is 15.0 Å². The van der Waals surface area contributed by atoms with Crippen molar-refractivity contribution in [3.63, 3.8) is 0 Å². The molecule has 1 aliphatic rings. The fourth-order valence-corrected chi connectivity index (χ4v) is 4.16. The van der Waals surface area contributed by atoms with Crippen LogP contribution in [-0.2, 0) is 0 Å². The van der Waals surface area contributed by atoms with Crippen LogP contribution < -0.4 is 10.1 Å². The van der Waals surface area contributed by atoms with Crippen LogP contribution in [0.1, 0.15) is 41.8 Å². The van der Waals surface area contributed by atoms with Gasteiger partial charge in [0.2, 0.25) is 0 Å². The summed E-state index contributed by atoms with van der Waals surface area (Å²) in [6.45, 7) is 8.08. The molecule has 0 radical (unpaired) electrons. The van der Waals surface area contributed by atoms with Gasteiger partial charge in [-0.1, -0.05) is 18.2 Å². The standard InChI is InChI=1S/C20H27N3O2S/c1-14-5-4-6-15(2)18(14)25-13-16(3)22-20(24)23-10-7-17(8-11-23)19-21-9-12-26-19/h4-6,9,12,16-17H,7-8,10-11,13H2,1-3H3,(H,22,24). The van der Waals surface area contributed by atoms with Crippen molar-refractivity contribution in [2.24, 2.45) is 0 Å². The summed E-state index contributed by atoms with van der Waals surface area (Å²) >= 11 is 1.71. The first-order valence-electron chi connectivity index (χ1n) is 9.18. The van der Waals surface area contributed by atoms with Gasteiger partial charge in [-0.25, -0.2) is 9.78 Å². The van der Waals surface area contributed by atoms with E-state index in [0.717, 1.165) is 42.8 Å². The maximum atomic E-state index is 12.5. The third kappa shape index (κ3) is 4.55. The Kier molecular flexibility index (Phi) is 6.14. The predicted octanol–water partition coefficient (Wildman–Crippen LogP) is 4.12. The van der Waals surface area contributed by atoms with Gasteiger partial charge in [0.15, 0.2) is 0 Å². The minimum absolute atomic E-state index is 0.000180. The van der Waals surface area contributed by atoms with Crippen LogP contribution in [0.15, 0.2) is 29.8 Å². The molecule has 1 N–H and O–H groups in total. The normalized spacial score (nSPS) is 16.3. The number of thiazole rings is 1. The van der Waals surface area contributed by atoms with Gasteiger partial charge in [-0.2, -0.15) is 0 Å². The third-order valence-corrected chi connectivity index (χ3v) is 5.78. The number of benzene rings is 1. The number of urea groups is 1. The number of carbonyl (C=O) groups excluding carboxylic acids is 1. The van der Waals surface area contributed by atoms with E-state index in [1.807, 2.05) is 55.4 Å². The molecule has 1 aromatic heterocycles. The molecule has 0 saturated carbocycles. The Morgan fingerprint density at radius 1 is 1.35 bits per heavy atom. The second-order valence-corrected chi connectivity index (χ2v) is 7.94. The zero-order valence-corrected chi connectivity index (χ0v) is 16.5. The van der Waals surface area contributed by atoms with Crippen molar-refractivity contribution in [1.29, 1.82) is 0 Å². The summed E-state index contributed by atoms with van der Waals surface area (Å²) in [7, 11) is 0. The minimum atomic E-state index is -0.0433. The number of aryl methyl sites for hydroxylation is 2. The number of piperidine rings is 1. The lowest BCUT2D eigenvalue weighted by Gasteiger charge is -2.32. The molecule has 3 rings (SSSR count). The zero-order valence-electron chi connectivity index (χ0n) is 15.7. The number of rotatable bonds is 5. The molecule has 1 fully saturated rings. The van der Waals surface area contributed by atoms with Gasteiger partial charge in [-0.3, -0.25) is 0 Å². The van der Waals surface area contributed by atoms with E-state index in [9.17, 15) is 4.79 Å². The van der Waals surface area contributed by atoms with E-state index in [-0.39, 0.29) is 12.1 Å². The number of likely N-dealkylation sites (tertiary alicyclic amines) is 1. The number of para-hydroxylation sites is 1. The maximum Gasteiger partial charge on any atom is 0.317 e. The van der Waals surface area contributed by atoms with E-state index < -0.39 is 0 Å². The van der Waals surface area contributed by atoms with E-state index in [1.165, 1.54) is 5.01 Å². The Hall–Kier alpha value is -2.08. The topological polar surface area (TPSA) is 54.5 Å². The SMILES string of the molecule is Cc1cccc(C)c1OCC(C)NC(=O)N1CCC(c2nccs2)CC1.